The first-order chi connectivity index (χ1) is 13.2. The number of hydrogen-bond donors (Lipinski definition) is 0. The molecule has 0 unspecified atom stereocenters. The number of pyridine rings is 1. The molecule has 0 aliphatic carbocycles. The molecular weight excluding hydrogens is 328 g/mol. The second-order valence-electron chi connectivity index (χ2n) is 6.59. The summed E-state index contributed by atoms with van der Waals surface area (Å²) < 4.78 is 2.29. The number of para-hydroxylation sites is 2. The topological polar surface area (TPSA) is 17.3 Å². The van der Waals surface area contributed by atoms with Crippen LogP contribution in [0.2, 0.25) is 0 Å². The van der Waals surface area contributed by atoms with Crippen molar-refractivity contribution >= 4 is 38.4 Å². The van der Waals surface area contributed by atoms with Crippen LogP contribution in [0.3, 0.4) is 0 Å². The van der Waals surface area contributed by atoms with Crippen molar-refractivity contribution in [1.82, 2.24) is 9.38 Å². The molecule has 0 amide bonds. The summed E-state index contributed by atoms with van der Waals surface area (Å²) in [6, 6.07) is 23.5. The molecule has 3 aromatic carbocycles. The highest BCUT2D eigenvalue weighted by Crippen LogP contribution is 2.32. The van der Waals surface area contributed by atoms with E-state index < -0.39 is 0 Å². The van der Waals surface area contributed by atoms with Gasteiger partial charge in [0.1, 0.15) is 5.65 Å². The third kappa shape index (κ3) is 2.89. The number of rotatable bonds is 1. The zero-order valence-corrected chi connectivity index (χ0v) is 15.7. The molecular formula is C25H22N2. The Morgan fingerprint density at radius 3 is 2.33 bits per heavy atom. The maximum absolute atomic E-state index is 4.89. The van der Waals surface area contributed by atoms with E-state index in [9.17, 15) is 0 Å². The van der Waals surface area contributed by atoms with Crippen molar-refractivity contribution in [3.63, 3.8) is 0 Å². The molecule has 0 N–H and O–H groups in total. The first kappa shape index (κ1) is 17.0. The molecule has 0 spiro atoms. The smallest absolute Gasteiger partial charge is 0.146 e. The van der Waals surface area contributed by atoms with Gasteiger partial charge in [0.2, 0.25) is 0 Å². The number of fused-ring (bicyclic) bond motifs is 8. The highest BCUT2D eigenvalue weighted by Gasteiger charge is 2.12. The Labute approximate surface area is 159 Å². The highest BCUT2D eigenvalue weighted by atomic mass is 15.0. The normalized spacial score (nSPS) is 11.3. The average molecular weight is 350 g/mol. The number of allylic oxidation sites excluding steroid dienone is 3. The zero-order valence-electron chi connectivity index (χ0n) is 15.7. The van der Waals surface area contributed by atoms with Gasteiger partial charge >= 0.3 is 0 Å². The van der Waals surface area contributed by atoms with Gasteiger partial charge in [-0.25, -0.2) is 4.98 Å². The second kappa shape index (κ2) is 7.08. The van der Waals surface area contributed by atoms with Crippen LogP contribution in [0.1, 0.15) is 12.5 Å². The van der Waals surface area contributed by atoms with E-state index in [1.165, 1.54) is 32.8 Å². The lowest BCUT2D eigenvalue weighted by Crippen LogP contribution is -1.91. The molecule has 0 radical (unpaired) electrons. The van der Waals surface area contributed by atoms with Crippen LogP contribution in [0.5, 0.6) is 0 Å². The summed E-state index contributed by atoms with van der Waals surface area (Å²) in [7, 11) is 0. The quantitative estimate of drug-likeness (QED) is 0.239. The van der Waals surface area contributed by atoms with E-state index >= 15 is 0 Å². The van der Waals surface area contributed by atoms with E-state index in [2.05, 4.69) is 78.6 Å². The summed E-state index contributed by atoms with van der Waals surface area (Å²) in [6.07, 6.45) is 5.58. The van der Waals surface area contributed by atoms with Crippen LogP contribution in [0.4, 0.5) is 0 Å². The van der Waals surface area contributed by atoms with Crippen molar-refractivity contribution in [2.45, 2.75) is 13.8 Å². The van der Waals surface area contributed by atoms with Crippen molar-refractivity contribution in [2.24, 2.45) is 0 Å². The van der Waals surface area contributed by atoms with E-state index in [-0.39, 0.29) is 0 Å². The fourth-order valence-electron chi connectivity index (χ4n) is 3.55. The molecule has 0 fully saturated rings. The lowest BCUT2D eigenvalue weighted by Gasteiger charge is -2.09. The molecule has 0 aliphatic heterocycles. The maximum atomic E-state index is 4.89. The SMILES string of the molecule is C=C/C=C\C.Cc1ccc2c3ccccc3c3nc4ccccc4n3c2c1. The predicted octanol–water partition coefficient (Wildman–Crippen LogP) is 6.85. The molecule has 132 valence electrons. The summed E-state index contributed by atoms with van der Waals surface area (Å²) in [4.78, 5) is 4.89. The highest BCUT2D eigenvalue weighted by molar-refractivity contribution is 6.13. The van der Waals surface area contributed by atoms with Gasteiger partial charge in [0.15, 0.2) is 0 Å². The van der Waals surface area contributed by atoms with Gasteiger partial charge in [-0.1, -0.05) is 73.3 Å². The first-order valence-electron chi connectivity index (χ1n) is 9.16. The van der Waals surface area contributed by atoms with Gasteiger partial charge in [-0.3, -0.25) is 4.40 Å². The molecule has 0 saturated heterocycles. The van der Waals surface area contributed by atoms with Gasteiger partial charge in [0.25, 0.3) is 0 Å². The van der Waals surface area contributed by atoms with Gasteiger partial charge in [0, 0.05) is 10.8 Å². The van der Waals surface area contributed by atoms with Crippen LogP contribution in [-0.4, -0.2) is 9.38 Å². The van der Waals surface area contributed by atoms with E-state index in [1.807, 2.05) is 25.1 Å². The number of nitrogens with zero attached hydrogens (tertiary/aromatic N) is 2. The van der Waals surface area contributed by atoms with E-state index in [4.69, 9.17) is 4.98 Å². The monoisotopic (exact) mass is 350 g/mol. The molecule has 0 atom stereocenters. The minimum atomic E-state index is 1.04. The zero-order chi connectivity index (χ0) is 18.8. The van der Waals surface area contributed by atoms with Gasteiger partial charge < -0.3 is 0 Å². The van der Waals surface area contributed by atoms with Crippen LogP contribution >= 0.6 is 0 Å². The number of aryl methyl sites for hydroxylation is 1. The minimum Gasteiger partial charge on any atom is -0.292 e. The van der Waals surface area contributed by atoms with Gasteiger partial charge in [-0.05, 0) is 43.0 Å². The van der Waals surface area contributed by atoms with Crippen LogP contribution in [0, 0.1) is 6.92 Å². The third-order valence-electron chi connectivity index (χ3n) is 4.74. The Morgan fingerprint density at radius 2 is 1.59 bits per heavy atom. The largest absolute Gasteiger partial charge is 0.292 e. The number of aromatic nitrogens is 2. The number of hydrogen-bond acceptors (Lipinski definition) is 1. The van der Waals surface area contributed by atoms with Gasteiger partial charge in [-0.2, -0.15) is 0 Å². The van der Waals surface area contributed by atoms with Crippen molar-refractivity contribution in [2.75, 3.05) is 0 Å². The molecule has 27 heavy (non-hydrogen) atoms. The lowest BCUT2D eigenvalue weighted by atomic mass is 10.0. The molecule has 5 rings (SSSR count). The fourth-order valence-corrected chi connectivity index (χ4v) is 3.55. The molecule has 5 aromatic rings. The number of imidazole rings is 1. The van der Waals surface area contributed by atoms with Crippen LogP contribution < -0.4 is 0 Å². The van der Waals surface area contributed by atoms with E-state index in [0.29, 0.717) is 0 Å². The summed E-state index contributed by atoms with van der Waals surface area (Å²) in [5.74, 6) is 0. The standard InChI is InChI=1S/C20H14N2.C5H8/c1-13-10-11-15-14-6-2-3-7-16(14)20-21-17-8-4-5-9-18(17)22(20)19(15)12-13;1-3-5-4-2/h2-12H,1H3;3-5H,1H2,2H3/b;5-4-. The molecule has 0 saturated carbocycles. The summed E-state index contributed by atoms with van der Waals surface area (Å²) in [6.45, 7) is 7.56. The van der Waals surface area contributed by atoms with Gasteiger partial charge in [0.05, 0.1) is 16.6 Å². The Morgan fingerprint density at radius 1 is 0.852 bits per heavy atom. The third-order valence-corrected chi connectivity index (χ3v) is 4.74. The second-order valence-corrected chi connectivity index (χ2v) is 6.59. The summed E-state index contributed by atoms with van der Waals surface area (Å²) >= 11 is 0. The fraction of sp³-hybridized carbons (Fsp3) is 0.0800. The molecule has 2 heterocycles. The van der Waals surface area contributed by atoms with Crippen LogP contribution in [0.15, 0.2) is 91.5 Å². The van der Waals surface area contributed by atoms with Crippen molar-refractivity contribution in [1.29, 1.82) is 0 Å². The Balaban J connectivity index is 0.000000323. The molecule has 2 nitrogen and oxygen atoms in total. The molecule has 0 aliphatic rings. The number of benzene rings is 3. The molecule has 2 heteroatoms. The molecule has 2 aromatic heterocycles. The van der Waals surface area contributed by atoms with E-state index in [1.54, 1.807) is 6.08 Å². The average Bonchev–Trinajstić information content (AvgIpc) is 3.09. The first-order valence-corrected chi connectivity index (χ1v) is 9.16. The lowest BCUT2D eigenvalue weighted by molar-refractivity contribution is 1.30. The summed E-state index contributed by atoms with van der Waals surface area (Å²) in [5, 5.41) is 3.74. The Hall–Kier alpha value is -3.39. The van der Waals surface area contributed by atoms with Crippen LogP contribution in [-0.2, 0) is 0 Å². The Kier molecular flexibility index (Phi) is 4.47. The predicted molar refractivity (Wildman–Crippen MR) is 117 cm³/mol. The van der Waals surface area contributed by atoms with Crippen LogP contribution in [0.25, 0.3) is 38.4 Å². The van der Waals surface area contributed by atoms with Crippen molar-refractivity contribution < 1.29 is 0 Å². The van der Waals surface area contributed by atoms with Gasteiger partial charge in [-0.15, -0.1) is 0 Å². The van der Waals surface area contributed by atoms with Crippen molar-refractivity contribution in [3.05, 3.63) is 97.1 Å². The molecule has 0 bridgehead atoms. The Bertz CT molecular complexity index is 1310. The van der Waals surface area contributed by atoms with E-state index in [0.717, 1.165) is 11.2 Å². The maximum Gasteiger partial charge on any atom is 0.146 e. The van der Waals surface area contributed by atoms with Crippen molar-refractivity contribution in [3.8, 4) is 0 Å². The minimum absolute atomic E-state index is 1.04. The summed E-state index contributed by atoms with van der Waals surface area (Å²) in [5.41, 5.74) is 5.74.